The summed E-state index contributed by atoms with van der Waals surface area (Å²) in [7, 11) is 0. The van der Waals surface area contributed by atoms with Gasteiger partial charge in [-0.1, -0.05) is 41.6 Å². The summed E-state index contributed by atoms with van der Waals surface area (Å²) in [5.74, 6) is 0.859. The van der Waals surface area contributed by atoms with Crippen LogP contribution in [0.25, 0.3) is 5.69 Å². The zero-order valence-corrected chi connectivity index (χ0v) is 17.9. The molecule has 0 radical (unpaired) electrons. The number of halogens is 1. The predicted molar refractivity (Wildman–Crippen MR) is 117 cm³/mol. The molecule has 1 atom stereocenters. The number of nitrogens with one attached hydrogen (secondary N) is 1. The minimum Gasteiger partial charge on any atom is -0.459 e. The molecule has 1 amide bonds. The second kappa shape index (κ2) is 9.18. The number of aromatic nitrogens is 3. The summed E-state index contributed by atoms with van der Waals surface area (Å²) in [4.78, 5) is 12.4. The van der Waals surface area contributed by atoms with Crippen LogP contribution in [0.3, 0.4) is 0 Å². The Hall–Kier alpha value is -3.39. The fraction of sp³-hybridized carbons (Fsp3) is 0.174. The number of carbonyl (C=O) groups excluding carboxylic acids is 1. The highest BCUT2D eigenvalue weighted by Crippen LogP contribution is 2.28. The van der Waals surface area contributed by atoms with Crippen molar-refractivity contribution >= 4 is 17.7 Å². The number of benzene rings is 2. The van der Waals surface area contributed by atoms with Crippen molar-refractivity contribution in [1.29, 1.82) is 0 Å². The second-order valence-corrected chi connectivity index (χ2v) is 8.04. The van der Waals surface area contributed by atoms with Crippen LogP contribution in [0.4, 0.5) is 4.39 Å². The van der Waals surface area contributed by atoms with Crippen molar-refractivity contribution in [2.75, 3.05) is 0 Å². The Balaban J connectivity index is 1.62. The van der Waals surface area contributed by atoms with Gasteiger partial charge in [0.15, 0.2) is 16.7 Å². The first-order chi connectivity index (χ1) is 15.0. The molecular formula is C23H21FN4O2S. The first-order valence-electron chi connectivity index (χ1n) is 9.75. The standard InChI is InChI=1S/C23H21FN4O2S/c1-15-5-11-19(12-6-15)28-21(16(2)25-22(29)20-4-3-13-30-20)26-27-23(28)31-14-17-7-9-18(24)10-8-17/h3-13,16H,14H2,1-2H3,(H,25,29). The van der Waals surface area contributed by atoms with Crippen molar-refractivity contribution < 1.29 is 13.6 Å². The first kappa shape index (κ1) is 20.9. The maximum atomic E-state index is 13.2. The van der Waals surface area contributed by atoms with Gasteiger partial charge in [-0.2, -0.15) is 0 Å². The fourth-order valence-electron chi connectivity index (χ4n) is 3.06. The first-order valence-corrected chi connectivity index (χ1v) is 10.7. The maximum Gasteiger partial charge on any atom is 0.287 e. The van der Waals surface area contributed by atoms with E-state index in [9.17, 15) is 9.18 Å². The SMILES string of the molecule is Cc1ccc(-n2c(SCc3ccc(F)cc3)nnc2C(C)NC(=O)c2ccco2)cc1. The summed E-state index contributed by atoms with van der Waals surface area (Å²) in [6, 6.07) is 17.3. The van der Waals surface area contributed by atoms with Crippen molar-refractivity contribution in [3.8, 4) is 5.69 Å². The summed E-state index contributed by atoms with van der Waals surface area (Å²) in [5, 5.41) is 12.3. The zero-order chi connectivity index (χ0) is 21.8. The highest BCUT2D eigenvalue weighted by atomic mass is 32.2. The lowest BCUT2D eigenvalue weighted by Crippen LogP contribution is -2.28. The molecule has 0 saturated carbocycles. The molecule has 31 heavy (non-hydrogen) atoms. The van der Waals surface area contributed by atoms with Crippen LogP contribution in [0.2, 0.25) is 0 Å². The van der Waals surface area contributed by atoms with E-state index in [1.54, 1.807) is 24.3 Å². The van der Waals surface area contributed by atoms with E-state index in [4.69, 9.17) is 4.42 Å². The van der Waals surface area contributed by atoms with Gasteiger partial charge >= 0.3 is 0 Å². The Morgan fingerprint density at radius 2 is 1.87 bits per heavy atom. The molecule has 4 rings (SSSR count). The van der Waals surface area contributed by atoms with Crippen LogP contribution in [0.1, 0.15) is 40.5 Å². The molecule has 0 bridgehead atoms. The smallest absolute Gasteiger partial charge is 0.287 e. The Morgan fingerprint density at radius 3 is 2.55 bits per heavy atom. The van der Waals surface area contributed by atoms with Crippen LogP contribution >= 0.6 is 11.8 Å². The molecule has 158 valence electrons. The van der Waals surface area contributed by atoms with E-state index >= 15 is 0 Å². The van der Waals surface area contributed by atoms with Crippen molar-refractivity contribution in [2.45, 2.75) is 30.8 Å². The molecule has 0 aliphatic rings. The number of amides is 1. The minimum atomic E-state index is -0.411. The number of nitrogens with zero attached hydrogens (tertiary/aromatic N) is 3. The second-order valence-electron chi connectivity index (χ2n) is 7.10. The summed E-state index contributed by atoms with van der Waals surface area (Å²) >= 11 is 1.50. The Kier molecular flexibility index (Phi) is 6.18. The van der Waals surface area contributed by atoms with Gasteiger partial charge in [0, 0.05) is 11.4 Å². The van der Waals surface area contributed by atoms with Crippen molar-refractivity contribution in [2.24, 2.45) is 0 Å². The fourth-order valence-corrected chi connectivity index (χ4v) is 3.98. The van der Waals surface area contributed by atoms with E-state index in [2.05, 4.69) is 15.5 Å². The highest BCUT2D eigenvalue weighted by Gasteiger charge is 2.22. The number of hydrogen-bond donors (Lipinski definition) is 1. The van der Waals surface area contributed by atoms with Gasteiger partial charge < -0.3 is 9.73 Å². The maximum absolute atomic E-state index is 13.2. The molecule has 0 spiro atoms. The summed E-state index contributed by atoms with van der Waals surface area (Å²) < 4.78 is 20.3. The molecule has 0 fully saturated rings. The van der Waals surface area contributed by atoms with Gasteiger partial charge in [0.1, 0.15) is 5.82 Å². The van der Waals surface area contributed by atoms with Crippen LogP contribution in [-0.4, -0.2) is 20.7 Å². The lowest BCUT2D eigenvalue weighted by atomic mass is 10.2. The molecule has 8 heteroatoms. The quantitative estimate of drug-likeness (QED) is 0.409. The number of carbonyl (C=O) groups is 1. The molecule has 2 aromatic heterocycles. The van der Waals surface area contributed by atoms with Crippen molar-refractivity contribution in [3.05, 3.63) is 95.5 Å². The van der Waals surface area contributed by atoms with Crippen molar-refractivity contribution in [1.82, 2.24) is 20.1 Å². The van der Waals surface area contributed by atoms with Gasteiger partial charge in [-0.15, -0.1) is 10.2 Å². The monoisotopic (exact) mass is 436 g/mol. The van der Waals surface area contributed by atoms with Crippen LogP contribution in [0.15, 0.2) is 76.5 Å². The lowest BCUT2D eigenvalue weighted by molar-refractivity contribution is 0.0910. The van der Waals surface area contributed by atoms with E-state index in [1.807, 2.05) is 42.7 Å². The van der Waals surface area contributed by atoms with Crippen LogP contribution in [0, 0.1) is 12.7 Å². The number of furan rings is 1. The average Bonchev–Trinajstić information content (AvgIpc) is 3.44. The summed E-state index contributed by atoms with van der Waals surface area (Å²) in [5.41, 5.74) is 3.01. The number of thioether (sulfide) groups is 1. The van der Waals surface area contributed by atoms with E-state index in [-0.39, 0.29) is 17.5 Å². The predicted octanol–water partition coefficient (Wildman–Crippen LogP) is 5.09. The molecule has 0 aliphatic heterocycles. The third-order valence-corrected chi connectivity index (χ3v) is 5.71. The van der Waals surface area contributed by atoms with Crippen LogP contribution in [0.5, 0.6) is 0 Å². The van der Waals surface area contributed by atoms with Crippen LogP contribution < -0.4 is 5.32 Å². The molecule has 1 N–H and O–H groups in total. The van der Waals surface area contributed by atoms with Gasteiger partial charge in [-0.25, -0.2) is 4.39 Å². The van der Waals surface area contributed by atoms with Gasteiger partial charge in [0.05, 0.1) is 12.3 Å². The largest absolute Gasteiger partial charge is 0.459 e. The Morgan fingerprint density at radius 1 is 1.13 bits per heavy atom. The number of hydrogen-bond acceptors (Lipinski definition) is 5. The van der Waals surface area contributed by atoms with Gasteiger partial charge in [-0.05, 0) is 55.8 Å². The topological polar surface area (TPSA) is 73.0 Å². The van der Waals surface area contributed by atoms with E-state index < -0.39 is 6.04 Å². The van der Waals surface area contributed by atoms with E-state index in [1.165, 1.54) is 30.2 Å². The van der Waals surface area contributed by atoms with Crippen LogP contribution in [-0.2, 0) is 5.75 Å². The Bertz CT molecular complexity index is 1160. The molecule has 6 nitrogen and oxygen atoms in total. The van der Waals surface area contributed by atoms with Gasteiger partial charge in [0.2, 0.25) is 0 Å². The number of rotatable bonds is 7. The molecule has 1 unspecified atom stereocenters. The third kappa shape index (κ3) is 4.86. The molecule has 2 heterocycles. The Labute approximate surface area is 183 Å². The van der Waals surface area contributed by atoms with E-state index in [0.29, 0.717) is 16.7 Å². The average molecular weight is 437 g/mol. The van der Waals surface area contributed by atoms with Crippen molar-refractivity contribution in [3.63, 3.8) is 0 Å². The molecule has 4 aromatic rings. The normalized spacial score (nSPS) is 12.0. The molecule has 2 aromatic carbocycles. The summed E-state index contributed by atoms with van der Waals surface area (Å²) in [6.45, 7) is 3.87. The van der Waals surface area contributed by atoms with Gasteiger partial charge in [-0.3, -0.25) is 9.36 Å². The highest BCUT2D eigenvalue weighted by molar-refractivity contribution is 7.98. The zero-order valence-electron chi connectivity index (χ0n) is 17.1. The molecule has 0 aliphatic carbocycles. The van der Waals surface area contributed by atoms with E-state index in [0.717, 1.165) is 16.8 Å². The third-order valence-electron chi connectivity index (χ3n) is 4.71. The van der Waals surface area contributed by atoms with Gasteiger partial charge in [0.25, 0.3) is 5.91 Å². The minimum absolute atomic E-state index is 0.235. The number of aryl methyl sites for hydroxylation is 1. The summed E-state index contributed by atoms with van der Waals surface area (Å²) in [6.07, 6.45) is 1.46. The lowest BCUT2D eigenvalue weighted by Gasteiger charge is -2.16. The molecule has 0 saturated heterocycles. The molecular weight excluding hydrogens is 415 g/mol.